The van der Waals surface area contributed by atoms with E-state index in [1.165, 1.54) is 16.6 Å². The summed E-state index contributed by atoms with van der Waals surface area (Å²) in [6, 6.07) is 19.6. The first-order valence-electron chi connectivity index (χ1n) is 10.6. The van der Waals surface area contributed by atoms with Gasteiger partial charge in [-0.25, -0.2) is 9.36 Å². The molecule has 0 aliphatic carbocycles. The van der Waals surface area contributed by atoms with Crippen LogP contribution in [0.25, 0.3) is 17.2 Å². The predicted molar refractivity (Wildman–Crippen MR) is 120 cm³/mol. The van der Waals surface area contributed by atoms with Crippen molar-refractivity contribution in [3.05, 3.63) is 102 Å². The zero-order chi connectivity index (χ0) is 22.4. The van der Waals surface area contributed by atoms with Gasteiger partial charge in [0.25, 0.3) is 5.91 Å². The van der Waals surface area contributed by atoms with Crippen LogP contribution in [-0.2, 0) is 13.1 Å². The van der Waals surface area contributed by atoms with Crippen molar-refractivity contribution in [2.75, 3.05) is 0 Å². The maximum Gasteiger partial charge on any atom is 0.254 e. The molecule has 2 aromatic carbocycles. The summed E-state index contributed by atoms with van der Waals surface area (Å²) in [5.41, 5.74) is 5.47. The second-order valence-corrected chi connectivity index (χ2v) is 8.05. The molecule has 4 heterocycles. The topological polar surface area (TPSA) is 86.7 Å². The number of nitrogens with zero attached hydrogens (tertiary/aromatic N) is 8. The van der Waals surface area contributed by atoms with Crippen molar-refractivity contribution in [1.29, 1.82) is 0 Å². The molecular weight excluding hydrogens is 416 g/mol. The van der Waals surface area contributed by atoms with Gasteiger partial charge < -0.3 is 9.47 Å². The Labute approximate surface area is 189 Å². The highest BCUT2D eigenvalue weighted by atomic mass is 16.2. The number of aromatic nitrogens is 7. The number of tetrazole rings is 1. The molecule has 9 heteroatoms. The van der Waals surface area contributed by atoms with Gasteiger partial charge in [0.1, 0.15) is 12.1 Å². The average Bonchev–Trinajstić information content (AvgIpc) is 3.63. The molecule has 0 bridgehead atoms. The van der Waals surface area contributed by atoms with Crippen LogP contribution in [0.15, 0.2) is 79.4 Å². The minimum atomic E-state index is -0.0525. The average molecular weight is 436 g/mol. The van der Waals surface area contributed by atoms with Gasteiger partial charge in [-0.3, -0.25) is 4.79 Å². The SMILES string of the molecule is Cc1ccc(-n2nc3c(c2-n2cccc2)CN(C(=O)c2cccc(-n4cnnn4)c2)C3)cc1. The van der Waals surface area contributed by atoms with Crippen molar-refractivity contribution >= 4 is 5.91 Å². The highest BCUT2D eigenvalue weighted by Crippen LogP contribution is 2.31. The summed E-state index contributed by atoms with van der Waals surface area (Å²) in [6.45, 7) is 3.01. The fourth-order valence-electron chi connectivity index (χ4n) is 4.20. The summed E-state index contributed by atoms with van der Waals surface area (Å²) in [5, 5.41) is 16.1. The first-order valence-corrected chi connectivity index (χ1v) is 10.6. The number of fused-ring (bicyclic) bond motifs is 1. The standard InChI is InChI=1S/C24H20N8O/c1-17-7-9-19(10-8-17)32-23(29-11-2-3-12-29)21-14-30(15-22(21)26-32)24(33)18-5-4-6-20(13-18)31-16-25-27-28-31/h2-13,16H,14-15H2,1H3. The Morgan fingerprint density at radius 1 is 0.939 bits per heavy atom. The molecule has 0 unspecified atom stereocenters. The lowest BCUT2D eigenvalue weighted by Gasteiger charge is -2.18. The van der Waals surface area contributed by atoms with Crippen LogP contribution >= 0.6 is 0 Å². The number of carbonyl (C=O) groups is 1. The van der Waals surface area contributed by atoms with Crippen molar-refractivity contribution in [2.24, 2.45) is 0 Å². The quantitative estimate of drug-likeness (QED) is 0.432. The van der Waals surface area contributed by atoms with Crippen LogP contribution in [0, 0.1) is 6.92 Å². The molecule has 6 rings (SSSR count). The lowest BCUT2D eigenvalue weighted by molar-refractivity contribution is 0.0749. The van der Waals surface area contributed by atoms with E-state index in [1.54, 1.807) is 6.07 Å². The molecule has 0 atom stereocenters. The lowest BCUT2D eigenvalue weighted by atomic mass is 10.1. The Balaban J connectivity index is 1.34. The molecule has 0 saturated carbocycles. The Morgan fingerprint density at radius 2 is 1.76 bits per heavy atom. The van der Waals surface area contributed by atoms with Gasteiger partial charge in [0.2, 0.25) is 0 Å². The van der Waals surface area contributed by atoms with Crippen LogP contribution in [0.5, 0.6) is 0 Å². The summed E-state index contributed by atoms with van der Waals surface area (Å²) in [7, 11) is 0. The Bertz CT molecular complexity index is 1430. The molecule has 5 aromatic rings. The second kappa shape index (κ2) is 7.56. The van der Waals surface area contributed by atoms with E-state index in [4.69, 9.17) is 5.10 Å². The summed E-state index contributed by atoms with van der Waals surface area (Å²) in [6.07, 6.45) is 5.51. The Hall–Kier alpha value is -4.53. The molecule has 1 aliphatic heterocycles. The van der Waals surface area contributed by atoms with E-state index >= 15 is 0 Å². The van der Waals surface area contributed by atoms with Gasteiger partial charge in [0.15, 0.2) is 0 Å². The zero-order valence-corrected chi connectivity index (χ0v) is 17.9. The van der Waals surface area contributed by atoms with Crippen LogP contribution in [0.2, 0.25) is 0 Å². The lowest BCUT2D eigenvalue weighted by Crippen LogP contribution is -2.26. The van der Waals surface area contributed by atoms with E-state index in [0.29, 0.717) is 18.7 Å². The van der Waals surface area contributed by atoms with Crippen LogP contribution < -0.4 is 0 Å². The molecule has 3 aromatic heterocycles. The predicted octanol–water partition coefficient (Wildman–Crippen LogP) is 3.10. The van der Waals surface area contributed by atoms with E-state index in [2.05, 4.69) is 51.3 Å². The maximum absolute atomic E-state index is 13.3. The van der Waals surface area contributed by atoms with Gasteiger partial charge in [0.05, 0.1) is 30.2 Å². The Morgan fingerprint density at radius 3 is 2.52 bits per heavy atom. The van der Waals surface area contributed by atoms with Crippen molar-refractivity contribution in [2.45, 2.75) is 20.0 Å². The first kappa shape index (κ1) is 19.2. The minimum Gasteiger partial charge on any atom is -0.328 e. The van der Waals surface area contributed by atoms with Crippen LogP contribution in [0.3, 0.4) is 0 Å². The third-order valence-corrected chi connectivity index (χ3v) is 5.85. The minimum absolute atomic E-state index is 0.0525. The van der Waals surface area contributed by atoms with Crippen LogP contribution in [0.1, 0.15) is 27.2 Å². The number of hydrogen-bond acceptors (Lipinski definition) is 5. The van der Waals surface area contributed by atoms with Crippen molar-refractivity contribution in [1.82, 2.24) is 39.5 Å². The van der Waals surface area contributed by atoms with Crippen molar-refractivity contribution in [3.63, 3.8) is 0 Å². The smallest absolute Gasteiger partial charge is 0.254 e. The zero-order valence-electron chi connectivity index (χ0n) is 17.9. The van der Waals surface area contributed by atoms with E-state index in [0.717, 1.165) is 28.5 Å². The molecule has 1 amide bonds. The van der Waals surface area contributed by atoms with E-state index < -0.39 is 0 Å². The molecule has 0 radical (unpaired) electrons. The third kappa shape index (κ3) is 3.30. The summed E-state index contributed by atoms with van der Waals surface area (Å²) >= 11 is 0. The molecule has 0 fully saturated rings. The number of aryl methyl sites for hydroxylation is 1. The first-order chi connectivity index (χ1) is 16.2. The second-order valence-electron chi connectivity index (χ2n) is 8.05. The van der Waals surface area contributed by atoms with Gasteiger partial charge in [-0.1, -0.05) is 23.8 Å². The normalized spacial score (nSPS) is 12.8. The number of benzene rings is 2. The van der Waals surface area contributed by atoms with Gasteiger partial charge in [-0.2, -0.15) is 5.10 Å². The molecule has 9 nitrogen and oxygen atoms in total. The van der Waals surface area contributed by atoms with Crippen molar-refractivity contribution < 1.29 is 4.79 Å². The van der Waals surface area contributed by atoms with Gasteiger partial charge in [-0.05, 0) is 59.8 Å². The third-order valence-electron chi connectivity index (χ3n) is 5.85. The van der Waals surface area contributed by atoms with Crippen molar-refractivity contribution in [3.8, 4) is 17.2 Å². The number of amides is 1. The number of rotatable bonds is 4. The number of hydrogen-bond donors (Lipinski definition) is 0. The molecule has 0 N–H and O–H groups in total. The van der Waals surface area contributed by atoms with Gasteiger partial charge in [0, 0.05) is 23.5 Å². The Kier molecular flexibility index (Phi) is 4.39. The fourth-order valence-corrected chi connectivity index (χ4v) is 4.20. The van der Waals surface area contributed by atoms with Crippen LogP contribution in [-0.4, -0.2) is 45.4 Å². The van der Waals surface area contributed by atoms with E-state index in [9.17, 15) is 4.79 Å². The van der Waals surface area contributed by atoms with E-state index in [1.807, 2.05) is 52.3 Å². The largest absolute Gasteiger partial charge is 0.328 e. The molecule has 0 spiro atoms. The molecule has 1 aliphatic rings. The molecule has 162 valence electrons. The molecule has 33 heavy (non-hydrogen) atoms. The summed E-state index contributed by atoms with van der Waals surface area (Å²) in [4.78, 5) is 15.2. The van der Waals surface area contributed by atoms with E-state index in [-0.39, 0.29) is 5.91 Å². The monoisotopic (exact) mass is 436 g/mol. The van der Waals surface area contributed by atoms with Gasteiger partial charge in [-0.15, -0.1) is 5.10 Å². The van der Waals surface area contributed by atoms with Gasteiger partial charge >= 0.3 is 0 Å². The highest BCUT2D eigenvalue weighted by molar-refractivity contribution is 5.95. The maximum atomic E-state index is 13.3. The highest BCUT2D eigenvalue weighted by Gasteiger charge is 2.32. The molecular formula is C24H20N8O. The fraction of sp³-hybridized carbons (Fsp3) is 0.125. The summed E-state index contributed by atoms with van der Waals surface area (Å²) < 4.78 is 5.55. The summed E-state index contributed by atoms with van der Waals surface area (Å²) in [5.74, 6) is 0.903. The number of carbonyl (C=O) groups excluding carboxylic acids is 1. The molecule has 0 saturated heterocycles. The van der Waals surface area contributed by atoms with Crippen LogP contribution in [0.4, 0.5) is 0 Å².